The molecule has 28 heavy (non-hydrogen) atoms. The molecular formula is C20H25N5O3. The molecule has 0 radical (unpaired) electrons. The van der Waals surface area contributed by atoms with Gasteiger partial charge in [0.05, 0.1) is 12.2 Å². The number of piperazine rings is 1. The highest BCUT2D eigenvalue weighted by molar-refractivity contribution is 5.95. The summed E-state index contributed by atoms with van der Waals surface area (Å²) in [7, 11) is 3.41. The number of amides is 3. The van der Waals surface area contributed by atoms with Crippen LogP contribution in [0.5, 0.6) is 5.75 Å². The van der Waals surface area contributed by atoms with Gasteiger partial charge >= 0.3 is 6.03 Å². The van der Waals surface area contributed by atoms with Crippen LogP contribution < -0.4 is 15.4 Å². The summed E-state index contributed by atoms with van der Waals surface area (Å²) in [6.07, 6.45) is 3.34. The van der Waals surface area contributed by atoms with E-state index in [1.54, 1.807) is 55.7 Å². The Hall–Kier alpha value is -3.13. The molecule has 0 spiro atoms. The first-order chi connectivity index (χ1) is 13.5. The lowest BCUT2D eigenvalue weighted by Gasteiger charge is -2.35. The van der Waals surface area contributed by atoms with Gasteiger partial charge in [-0.3, -0.25) is 9.78 Å². The molecule has 1 aromatic heterocycles. The number of nitrogens with one attached hydrogen (secondary N) is 2. The van der Waals surface area contributed by atoms with Crippen molar-refractivity contribution in [2.75, 3.05) is 45.7 Å². The molecule has 1 unspecified atom stereocenters. The normalized spacial score (nSPS) is 16.4. The minimum atomic E-state index is -0.187. The zero-order chi connectivity index (χ0) is 19.9. The van der Waals surface area contributed by atoms with Crippen LogP contribution >= 0.6 is 0 Å². The molecule has 0 aliphatic carbocycles. The van der Waals surface area contributed by atoms with Crippen LogP contribution in [-0.2, 0) is 0 Å². The van der Waals surface area contributed by atoms with Crippen LogP contribution in [0.3, 0.4) is 0 Å². The van der Waals surface area contributed by atoms with Gasteiger partial charge in [0.1, 0.15) is 12.4 Å². The van der Waals surface area contributed by atoms with E-state index in [0.717, 1.165) is 6.54 Å². The Morgan fingerprint density at radius 3 is 2.75 bits per heavy atom. The first kappa shape index (κ1) is 19.6. The molecule has 1 saturated heterocycles. The van der Waals surface area contributed by atoms with Crippen LogP contribution in [0, 0.1) is 0 Å². The van der Waals surface area contributed by atoms with Crippen LogP contribution in [0.2, 0.25) is 0 Å². The number of rotatable bonds is 5. The van der Waals surface area contributed by atoms with Crippen molar-refractivity contribution in [3.63, 3.8) is 0 Å². The maximum atomic E-state index is 12.8. The molecule has 3 rings (SSSR count). The summed E-state index contributed by atoms with van der Waals surface area (Å²) in [6, 6.07) is 10.2. The van der Waals surface area contributed by atoms with Crippen molar-refractivity contribution in [1.82, 2.24) is 20.1 Å². The third-order valence-corrected chi connectivity index (χ3v) is 4.48. The molecule has 1 aliphatic rings. The van der Waals surface area contributed by atoms with Crippen LogP contribution in [-0.4, -0.2) is 73.1 Å². The van der Waals surface area contributed by atoms with E-state index < -0.39 is 0 Å². The quantitative estimate of drug-likeness (QED) is 0.820. The molecule has 0 saturated carbocycles. The fourth-order valence-electron chi connectivity index (χ4n) is 2.95. The number of carbonyl (C=O) groups excluding carboxylic acids is 2. The average Bonchev–Trinajstić information content (AvgIpc) is 2.73. The summed E-state index contributed by atoms with van der Waals surface area (Å²) >= 11 is 0. The number of nitrogens with zero attached hydrogens (tertiary/aromatic N) is 3. The standard InChI is InChI=1S/C20H25N5O3/c1-24(2)19(26)15-5-7-16(8-6-15)23-20(27)25-11-10-22-12-17(25)14-28-18-4-3-9-21-13-18/h3-9,13,17,22H,10-12,14H2,1-2H3,(H,23,27). The Labute approximate surface area is 164 Å². The second-order valence-corrected chi connectivity index (χ2v) is 6.76. The Morgan fingerprint density at radius 1 is 1.29 bits per heavy atom. The molecule has 0 bridgehead atoms. The fourth-order valence-corrected chi connectivity index (χ4v) is 2.95. The van der Waals surface area contributed by atoms with Gasteiger partial charge in [-0.15, -0.1) is 0 Å². The van der Waals surface area contributed by atoms with E-state index in [-0.39, 0.29) is 18.0 Å². The molecule has 2 N–H and O–H groups in total. The van der Waals surface area contributed by atoms with Crippen molar-refractivity contribution in [3.05, 3.63) is 54.4 Å². The largest absolute Gasteiger partial charge is 0.490 e. The third kappa shape index (κ3) is 4.98. The van der Waals surface area contributed by atoms with Gasteiger partial charge in [0.25, 0.3) is 5.91 Å². The van der Waals surface area contributed by atoms with E-state index in [4.69, 9.17) is 4.74 Å². The molecule has 148 valence electrons. The number of benzene rings is 1. The minimum Gasteiger partial charge on any atom is -0.490 e. The molecule has 8 nitrogen and oxygen atoms in total. The van der Waals surface area contributed by atoms with Crippen molar-refractivity contribution in [1.29, 1.82) is 0 Å². The van der Waals surface area contributed by atoms with Gasteiger partial charge in [0.2, 0.25) is 0 Å². The highest BCUT2D eigenvalue weighted by atomic mass is 16.5. The van der Waals surface area contributed by atoms with E-state index in [1.165, 1.54) is 4.90 Å². The van der Waals surface area contributed by atoms with Crippen molar-refractivity contribution in [3.8, 4) is 5.75 Å². The lowest BCUT2D eigenvalue weighted by molar-refractivity contribution is 0.0827. The van der Waals surface area contributed by atoms with Gasteiger partial charge in [-0.05, 0) is 36.4 Å². The van der Waals surface area contributed by atoms with E-state index in [1.807, 2.05) is 12.1 Å². The van der Waals surface area contributed by atoms with E-state index >= 15 is 0 Å². The van der Waals surface area contributed by atoms with Crippen LogP contribution in [0.15, 0.2) is 48.8 Å². The molecule has 8 heteroatoms. The van der Waals surface area contributed by atoms with Gasteiger partial charge in [0, 0.05) is 51.2 Å². The first-order valence-electron chi connectivity index (χ1n) is 9.17. The second-order valence-electron chi connectivity index (χ2n) is 6.76. The van der Waals surface area contributed by atoms with Crippen molar-refractivity contribution in [2.45, 2.75) is 6.04 Å². The SMILES string of the molecule is CN(C)C(=O)c1ccc(NC(=O)N2CCNCC2COc2cccnc2)cc1. The predicted molar refractivity (Wildman–Crippen MR) is 107 cm³/mol. The van der Waals surface area contributed by atoms with Gasteiger partial charge in [-0.1, -0.05) is 0 Å². The lowest BCUT2D eigenvalue weighted by atomic mass is 10.2. The molecule has 3 amide bonds. The fraction of sp³-hybridized carbons (Fsp3) is 0.350. The van der Waals surface area contributed by atoms with E-state index in [2.05, 4.69) is 15.6 Å². The second kappa shape index (κ2) is 9.18. The van der Waals surface area contributed by atoms with E-state index in [9.17, 15) is 9.59 Å². The zero-order valence-corrected chi connectivity index (χ0v) is 16.1. The summed E-state index contributed by atoms with van der Waals surface area (Å²) < 4.78 is 5.77. The number of hydrogen-bond acceptors (Lipinski definition) is 5. The number of pyridine rings is 1. The Balaban J connectivity index is 1.60. The smallest absolute Gasteiger partial charge is 0.322 e. The topological polar surface area (TPSA) is 86.8 Å². The molecule has 1 aliphatic heterocycles. The first-order valence-corrected chi connectivity index (χ1v) is 9.17. The van der Waals surface area contributed by atoms with Crippen LogP contribution in [0.25, 0.3) is 0 Å². The molecule has 2 heterocycles. The summed E-state index contributed by atoms with van der Waals surface area (Å²) in [5, 5.41) is 6.19. The maximum Gasteiger partial charge on any atom is 0.322 e. The Morgan fingerprint density at radius 2 is 2.07 bits per heavy atom. The van der Waals surface area contributed by atoms with Crippen LogP contribution in [0.1, 0.15) is 10.4 Å². The molecule has 2 aromatic rings. The third-order valence-electron chi connectivity index (χ3n) is 4.48. The van der Waals surface area contributed by atoms with Gasteiger partial charge in [0.15, 0.2) is 0 Å². The monoisotopic (exact) mass is 383 g/mol. The summed E-state index contributed by atoms with van der Waals surface area (Å²) in [4.78, 5) is 32.0. The van der Waals surface area contributed by atoms with Crippen molar-refractivity contribution in [2.24, 2.45) is 0 Å². The highest BCUT2D eigenvalue weighted by Gasteiger charge is 2.27. The molecule has 1 aromatic carbocycles. The summed E-state index contributed by atoms with van der Waals surface area (Å²) in [5.41, 5.74) is 1.22. The molecule has 1 fully saturated rings. The van der Waals surface area contributed by atoms with Gasteiger partial charge in [-0.25, -0.2) is 4.79 Å². The molecule has 1 atom stereocenters. The number of hydrogen-bond donors (Lipinski definition) is 2. The minimum absolute atomic E-state index is 0.0763. The van der Waals surface area contributed by atoms with Crippen molar-refractivity contribution >= 4 is 17.6 Å². The molecular weight excluding hydrogens is 358 g/mol. The summed E-state index contributed by atoms with van der Waals surface area (Å²) in [5.74, 6) is 0.599. The number of urea groups is 1. The number of ether oxygens (including phenoxy) is 1. The summed E-state index contributed by atoms with van der Waals surface area (Å²) in [6.45, 7) is 2.35. The number of aromatic nitrogens is 1. The number of carbonyl (C=O) groups is 2. The number of anilines is 1. The zero-order valence-electron chi connectivity index (χ0n) is 16.1. The van der Waals surface area contributed by atoms with Gasteiger partial charge in [-0.2, -0.15) is 0 Å². The predicted octanol–water partition coefficient (Wildman–Crippen LogP) is 1.67. The van der Waals surface area contributed by atoms with E-state index in [0.29, 0.717) is 36.7 Å². The van der Waals surface area contributed by atoms with Crippen LogP contribution in [0.4, 0.5) is 10.5 Å². The van der Waals surface area contributed by atoms with Gasteiger partial charge < -0.3 is 25.2 Å². The lowest BCUT2D eigenvalue weighted by Crippen LogP contribution is -2.57. The highest BCUT2D eigenvalue weighted by Crippen LogP contribution is 2.14. The Bertz CT molecular complexity index is 795. The Kier molecular flexibility index (Phi) is 6.44. The van der Waals surface area contributed by atoms with Crippen molar-refractivity contribution < 1.29 is 14.3 Å². The average molecular weight is 383 g/mol. The maximum absolute atomic E-state index is 12.8.